The van der Waals surface area contributed by atoms with Crippen molar-refractivity contribution in [3.63, 3.8) is 0 Å². The van der Waals surface area contributed by atoms with Gasteiger partial charge >= 0.3 is 0 Å². The summed E-state index contributed by atoms with van der Waals surface area (Å²) >= 11 is 13.6. The monoisotopic (exact) mass is 341 g/mol. The molecule has 1 aromatic rings. The molecule has 0 aromatic carbocycles. The Labute approximate surface area is 137 Å². The predicted molar refractivity (Wildman–Crippen MR) is 87.3 cm³/mol. The number of allylic oxidation sites excluding steroid dienone is 3. The summed E-state index contributed by atoms with van der Waals surface area (Å²) in [6.07, 6.45) is 6.10. The Morgan fingerprint density at radius 1 is 1.33 bits per heavy atom. The van der Waals surface area contributed by atoms with Crippen LogP contribution in [-0.4, -0.2) is 27.2 Å². The molecule has 1 aromatic heterocycles. The van der Waals surface area contributed by atoms with Crippen LogP contribution in [0, 0.1) is 0 Å². The second kappa shape index (κ2) is 7.20. The highest BCUT2D eigenvalue weighted by Crippen LogP contribution is 2.27. The molecule has 7 heteroatoms. The molecule has 4 nitrogen and oxygen atoms in total. The van der Waals surface area contributed by atoms with E-state index in [1.165, 1.54) is 18.0 Å². The number of hydrogen-bond acceptors (Lipinski definition) is 5. The average Bonchev–Trinajstić information content (AvgIpc) is 2.51. The highest BCUT2D eigenvalue weighted by molar-refractivity contribution is 7.98. The molecule has 0 atom stereocenters. The molecule has 0 unspecified atom stereocenters. The lowest BCUT2D eigenvalue weighted by Crippen LogP contribution is -2.09. The summed E-state index contributed by atoms with van der Waals surface area (Å²) in [5.41, 5.74) is 1.50. The maximum atomic E-state index is 12.6. The fourth-order valence-corrected chi connectivity index (χ4v) is 2.48. The molecule has 0 N–H and O–H groups in total. The minimum Gasteiger partial charge on any atom is -0.287 e. The van der Waals surface area contributed by atoms with E-state index < -0.39 is 0 Å². The van der Waals surface area contributed by atoms with Crippen molar-refractivity contribution in [2.45, 2.75) is 24.9 Å². The largest absolute Gasteiger partial charge is 0.287 e. The first-order valence-electron chi connectivity index (χ1n) is 6.22. The van der Waals surface area contributed by atoms with Crippen LogP contribution in [0.3, 0.4) is 0 Å². The Morgan fingerprint density at radius 2 is 2.10 bits per heavy atom. The van der Waals surface area contributed by atoms with Crippen LogP contribution in [0.15, 0.2) is 44.8 Å². The van der Waals surface area contributed by atoms with Crippen LogP contribution in [0.4, 0.5) is 0 Å². The first kappa shape index (κ1) is 16.2. The first-order chi connectivity index (χ1) is 10.0. The molecule has 0 bridgehead atoms. The summed E-state index contributed by atoms with van der Waals surface area (Å²) in [7, 11) is 0. The van der Waals surface area contributed by atoms with Crippen molar-refractivity contribution in [2.75, 3.05) is 6.26 Å². The topological polar surface area (TPSA) is 55.2 Å². The van der Waals surface area contributed by atoms with Gasteiger partial charge in [-0.05, 0) is 25.7 Å². The van der Waals surface area contributed by atoms with Gasteiger partial charge in [0.25, 0.3) is 0 Å². The zero-order chi connectivity index (χ0) is 15.4. The maximum Gasteiger partial charge on any atom is 0.214 e. The van der Waals surface area contributed by atoms with Gasteiger partial charge < -0.3 is 0 Å². The van der Waals surface area contributed by atoms with Gasteiger partial charge in [-0.1, -0.05) is 40.5 Å². The number of carbonyl (C=O) groups is 1. The standard InChI is InChI=1S/C14H13Cl2N3OS/c1-8-3-4-11(15)18-7-9(12(8)16)13(20)10-5-6-17-14(19-10)21-2/h5-7H,3-4H2,1-2H3. The van der Waals surface area contributed by atoms with E-state index >= 15 is 0 Å². The van der Waals surface area contributed by atoms with Crippen molar-refractivity contribution >= 4 is 45.9 Å². The van der Waals surface area contributed by atoms with Crippen molar-refractivity contribution < 1.29 is 4.79 Å². The molecule has 0 amide bonds. The van der Waals surface area contributed by atoms with Gasteiger partial charge in [0, 0.05) is 18.8 Å². The van der Waals surface area contributed by atoms with Crippen molar-refractivity contribution in [1.29, 1.82) is 0 Å². The van der Waals surface area contributed by atoms with Crippen LogP contribution in [0.2, 0.25) is 0 Å². The van der Waals surface area contributed by atoms with E-state index in [0.29, 0.717) is 39.5 Å². The van der Waals surface area contributed by atoms with Crippen molar-refractivity contribution in [3.05, 3.63) is 40.3 Å². The summed E-state index contributed by atoms with van der Waals surface area (Å²) in [6, 6.07) is 1.56. The van der Waals surface area contributed by atoms with Gasteiger partial charge in [-0.3, -0.25) is 4.79 Å². The molecule has 2 rings (SSSR count). The molecule has 0 radical (unpaired) electrons. The van der Waals surface area contributed by atoms with Crippen molar-refractivity contribution in [3.8, 4) is 0 Å². The Morgan fingerprint density at radius 3 is 2.81 bits per heavy atom. The van der Waals surface area contributed by atoms with Gasteiger partial charge in [0.15, 0.2) is 5.16 Å². The third-order valence-electron chi connectivity index (χ3n) is 2.94. The third kappa shape index (κ3) is 3.93. The van der Waals surface area contributed by atoms with Crippen LogP contribution in [0.25, 0.3) is 0 Å². The molecule has 2 heterocycles. The minimum atomic E-state index is -0.285. The lowest BCUT2D eigenvalue weighted by atomic mass is 10.0. The van der Waals surface area contributed by atoms with Crippen molar-refractivity contribution in [1.82, 2.24) is 9.97 Å². The molecule has 1 aliphatic heterocycles. The molecule has 110 valence electrons. The smallest absolute Gasteiger partial charge is 0.214 e. The SMILES string of the molecule is CSc1nccc(C(=O)C2=CN=C(Cl)CCC(C)=C2Cl)n1. The maximum absolute atomic E-state index is 12.6. The molecule has 0 spiro atoms. The summed E-state index contributed by atoms with van der Waals surface area (Å²) in [4.78, 5) is 24.9. The molecular weight excluding hydrogens is 329 g/mol. The Balaban J connectivity index is 2.45. The summed E-state index contributed by atoms with van der Waals surface area (Å²) < 4.78 is 0. The lowest BCUT2D eigenvalue weighted by molar-refractivity contribution is 0.103. The highest BCUT2D eigenvalue weighted by atomic mass is 35.5. The van der Waals surface area contributed by atoms with E-state index in [9.17, 15) is 4.79 Å². The first-order valence-corrected chi connectivity index (χ1v) is 8.20. The number of aromatic nitrogens is 2. The zero-order valence-electron chi connectivity index (χ0n) is 11.6. The number of rotatable bonds is 3. The van der Waals surface area contributed by atoms with Gasteiger partial charge in [-0.25, -0.2) is 15.0 Å². The van der Waals surface area contributed by atoms with Gasteiger partial charge in [-0.15, -0.1) is 0 Å². The number of halogens is 2. The third-order valence-corrected chi connectivity index (χ3v) is 4.32. The number of Topliss-reactive ketones (excluding diaryl/α,β-unsaturated/α-hetero) is 1. The molecule has 21 heavy (non-hydrogen) atoms. The Hall–Kier alpha value is -1.17. The molecule has 0 saturated carbocycles. The number of thioether (sulfide) groups is 1. The Kier molecular flexibility index (Phi) is 5.56. The normalized spacial score (nSPS) is 16.0. The van der Waals surface area contributed by atoms with E-state index in [1.807, 2.05) is 13.2 Å². The molecule has 1 aliphatic rings. The average molecular weight is 342 g/mol. The summed E-state index contributed by atoms with van der Waals surface area (Å²) in [6.45, 7) is 1.88. The van der Waals surface area contributed by atoms with E-state index in [-0.39, 0.29) is 5.78 Å². The van der Waals surface area contributed by atoms with Crippen LogP contribution in [-0.2, 0) is 0 Å². The fraction of sp³-hybridized carbons (Fsp3) is 0.286. The number of aliphatic imine (C=N–C) groups is 1. The second-order valence-corrected chi connectivity index (χ2v) is 5.99. The van der Waals surface area contributed by atoms with E-state index in [1.54, 1.807) is 12.3 Å². The van der Waals surface area contributed by atoms with E-state index in [2.05, 4.69) is 15.0 Å². The summed E-state index contributed by atoms with van der Waals surface area (Å²) in [5.74, 6) is -0.285. The van der Waals surface area contributed by atoms with Gasteiger partial charge in [0.2, 0.25) is 5.78 Å². The lowest BCUT2D eigenvalue weighted by Gasteiger charge is -2.11. The highest BCUT2D eigenvalue weighted by Gasteiger charge is 2.20. The quantitative estimate of drug-likeness (QED) is 0.469. The molecule has 0 aliphatic carbocycles. The van der Waals surface area contributed by atoms with Gasteiger partial charge in [-0.2, -0.15) is 0 Å². The van der Waals surface area contributed by atoms with Crippen LogP contribution in [0.5, 0.6) is 0 Å². The van der Waals surface area contributed by atoms with E-state index in [0.717, 1.165) is 5.57 Å². The molecular formula is C14H13Cl2N3OS. The minimum absolute atomic E-state index is 0.285. The summed E-state index contributed by atoms with van der Waals surface area (Å²) in [5, 5.41) is 1.40. The predicted octanol–water partition coefficient (Wildman–Crippen LogP) is 4.21. The molecule has 0 fully saturated rings. The number of carbonyl (C=O) groups excluding carboxylic acids is 1. The van der Waals surface area contributed by atoms with Crippen molar-refractivity contribution in [2.24, 2.45) is 4.99 Å². The van der Waals surface area contributed by atoms with Crippen LogP contribution >= 0.6 is 35.0 Å². The zero-order valence-corrected chi connectivity index (χ0v) is 13.9. The number of nitrogens with zero attached hydrogens (tertiary/aromatic N) is 3. The van der Waals surface area contributed by atoms with Crippen LogP contribution < -0.4 is 0 Å². The second-order valence-electron chi connectivity index (χ2n) is 4.40. The fourth-order valence-electron chi connectivity index (χ4n) is 1.75. The number of ketones is 1. The molecule has 0 saturated heterocycles. The Bertz CT molecular complexity index is 668. The van der Waals surface area contributed by atoms with E-state index in [4.69, 9.17) is 23.2 Å². The number of hydrogen-bond donors (Lipinski definition) is 0. The van der Waals surface area contributed by atoms with Crippen LogP contribution in [0.1, 0.15) is 30.3 Å². The van der Waals surface area contributed by atoms with Gasteiger partial charge in [0.1, 0.15) is 10.9 Å². The van der Waals surface area contributed by atoms with Gasteiger partial charge in [0.05, 0.1) is 10.6 Å².